The van der Waals surface area contributed by atoms with E-state index in [0.29, 0.717) is 46.0 Å². The van der Waals surface area contributed by atoms with Crippen LogP contribution in [0, 0.1) is 6.92 Å². The highest BCUT2D eigenvalue weighted by Gasteiger charge is 2.27. The monoisotopic (exact) mass is 485 g/mol. The van der Waals surface area contributed by atoms with Gasteiger partial charge in [-0.1, -0.05) is 36.8 Å². The van der Waals surface area contributed by atoms with Crippen molar-refractivity contribution in [3.05, 3.63) is 94.0 Å². The minimum Gasteiger partial charge on any atom is -0.493 e. The van der Waals surface area contributed by atoms with Crippen molar-refractivity contribution < 1.29 is 14.3 Å². The number of carbonyl (C=O) groups is 1. The van der Waals surface area contributed by atoms with Gasteiger partial charge in [0.15, 0.2) is 11.5 Å². The van der Waals surface area contributed by atoms with Gasteiger partial charge in [-0.25, -0.2) is 4.98 Å². The number of fused-ring (bicyclic) bond motifs is 1. The molecule has 0 bridgehead atoms. The van der Waals surface area contributed by atoms with Crippen LogP contribution in [0.3, 0.4) is 0 Å². The summed E-state index contributed by atoms with van der Waals surface area (Å²) in [7, 11) is 3.10. The third-order valence-electron chi connectivity index (χ3n) is 6.29. The number of hydrogen-bond acceptors (Lipinski definition) is 5. The molecule has 0 aliphatic rings. The molecule has 1 aromatic heterocycles. The second-order valence-corrected chi connectivity index (χ2v) is 8.71. The van der Waals surface area contributed by atoms with Crippen molar-refractivity contribution >= 4 is 16.8 Å². The fourth-order valence-electron chi connectivity index (χ4n) is 4.36. The summed E-state index contributed by atoms with van der Waals surface area (Å²) in [6.07, 6.45) is 0.742. The molecule has 1 amide bonds. The Morgan fingerprint density at radius 2 is 1.69 bits per heavy atom. The summed E-state index contributed by atoms with van der Waals surface area (Å²) in [5, 5.41) is 0.530. The van der Waals surface area contributed by atoms with Crippen molar-refractivity contribution in [3.8, 4) is 17.2 Å². The first-order chi connectivity index (χ1) is 17.4. The van der Waals surface area contributed by atoms with Crippen LogP contribution in [-0.4, -0.2) is 41.1 Å². The van der Waals surface area contributed by atoms with E-state index < -0.39 is 6.04 Å². The normalized spacial score (nSPS) is 11.8. The maximum atomic E-state index is 13.8. The number of hydrogen-bond donors (Lipinski definition) is 0. The van der Waals surface area contributed by atoms with Gasteiger partial charge in [-0.05, 0) is 62.7 Å². The maximum Gasteiger partial charge on any atom is 0.266 e. The van der Waals surface area contributed by atoms with E-state index in [9.17, 15) is 9.59 Å². The molecule has 0 saturated carbocycles. The van der Waals surface area contributed by atoms with Crippen LogP contribution in [0.4, 0.5) is 0 Å². The largest absolute Gasteiger partial charge is 0.493 e. The number of aryl methyl sites for hydroxylation is 1. The van der Waals surface area contributed by atoms with Crippen LogP contribution in [0.15, 0.2) is 71.5 Å². The van der Waals surface area contributed by atoms with Crippen molar-refractivity contribution in [1.29, 1.82) is 0 Å². The quantitative estimate of drug-likeness (QED) is 0.338. The lowest BCUT2D eigenvalue weighted by atomic mass is 10.1. The Balaban J connectivity index is 1.87. The fraction of sp³-hybridized carbons (Fsp3) is 0.276. The topological polar surface area (TPSA) is 73.7 Å². The number of para-hydroxylation sites is 1. The van der Waals surface area contributed by atoms with Crippen molar-refractivity contribution in [2.75, 3.05) is 20.8 Å². The van der Waals surface area contributed by atoms with Gasteiger partial charge in [-0.2, -0.15) is 0 Å². The first-order valence-electron chi connectivity index (χ1n) is 12.0. The summed E-state index contributed by atoms with van der Waals surface area (Å²) in [4.78, 5) is 34.1. The SMILES string of the molecule is CCCN(C(=O)c1ccc(OC)c(OC)c1)C(C)c1nc2ccccc2c(=O)n1-c1ccc(C)cc1. The van der Waals surface area contributed by atoms with Gasteiger partial charge < -0.3 is 14.4 Å². The molecule has 0 aliphatic carbocycles. The number of aromatic nitrogens is 2. The lowest BCUT2D eigenvalue weighted by Crippen LogP contribution is -2.38. The summed E-state index contributed by atoms with van der Waals surface area (Å²) in [6.45, 7) is 6.42. The first kappa shape index (κ1) is 25.0. The molecule has 0 N–H and O–H groups in total. The molecule has 0 aliphatic heterocycles. The molecule has 3 aromatic carbocycles. The van der Waals surface area contributed by atoms with E-state index in [1.54, 1.807) is 40.8 Å². The van der Waals surface area contributed by atoms with Gasteiger partial charge in [-0.3, -0.25) is 14.2 Å². The number of benzene rings is 3. The van der Waals surface area contributed by atoms with Gasteiger partial charge in [0.1, 0.15) is 5.82 Å². The predicted molar refractivity (Wildman–Crippen MR) is 141 cm³/mol. The summed E-state index contributed by atoms with van der Waals surface area (Å²) in [6, 6.07) is 19.7. The van der Waals surface area contributed by atoms with Gasteiger partial charge >= 0.3 is 0 Å². The van der Waals surface area contributed by atoms with E-state index >= 15 is 0 Å². The van der Waals surface area contributed by atoms with E-state index in [2.05, 4.69) is 0 Å². The van der Waals surface area contributed by atoms with Crippen molar-refractivity contribution in [2.45, 2.75) is 33.2 Å². The molecular formula is C29H31N3O4. The Hall–Kier alpha value is -4.13. The first-order valence-corrected chi connectivity index (χ1v) is 12.0. The molecule has 4 rings (SSSR count). The van der Waals surface area contributed by atoms with E-state index in [0.717, 1.165) is 12.0 Å². The number of carbonyl (C=O) groups excluding carboxylic acids is 1. The lowest BCUT2D eigenvalue weighted by Gasteiger charge is -2.30. The van der Waals surface area contributed by atoms with E-state index in [1.807, 2.05) is 63.2 Å². The van der Waals surface area contributed by atoms with Crippen LogP contribution >= 0.6 is 0 Å². The Kier molecular flexibility index (Phi) is 7.38. The molecule has 4 aromatic rings. The highest BCUT2D eigenvalue weighted by molar-refractivity contribution is 5.95. The van der Waals surface area contributed by atoms with Crippen LogP contribution in [-0.2, 0) is 0 Å². The number of amides is 1. The smallest absolute Gasteiger partial charge is 0.266 e. The highest BCUT2D eigenvalue weighted by Crippen LogP contribution is 2.30. The van der Waals surface area contributed by atoms with Gasteiger partial charge in [0.25, 0.3) is 11.5 Å². The van der Waals surface area contributed by atoms with Gasteiger partial charge in [-0.15, -0.1) is 0 Å². The minimum absolute atomic E-state index is 0.165. The molecule has 0 radical (unpaired) electrons. The van der Waals surface area contributed by atoms with E-state index in [1.165, 1.54) is 7.11 Å². The Morgan fingerprint density at radius 1 is 1.00 bits per heavy atom. The zero-order valence-corrected chi connectivity index (χ0v) is 21.3. The number of rotatable bonds is 8. The third kappa shape index (κ3) is 4.69. The highest BCUT2D eigenvalue weighted by atomic mass is 16.5. The van der Waals surface area contributed by atoms with Crippen molar-refractivity contribution in [1.82, 2.24) is 14.5 Å². The molecule has 0 spiro atoms. The molecule has 0 fully saturated rings. The standard InChI is InChI=1S/C29H31N3O4/c1-6-17-31(28(33)21-13-16-25(35-4)26(18-21)36-5)20(3)27-30-24-10-8-7-9-23(24)29(34)32(27)22-14-11-19(2)12-15-22/h7-16,18,20H,6,17H2,1-5H3. The maximum absolute atomic E-state index is 13.8. The van der Waals surface area contributed by atoms with E-state index in [4.69, 9.17) is 14.5 Å². The third-order valence-corrected chi connectivity index (χ3v) is 6.29. The molecule has 7 heteroatoms. The molecule has 36 heavy (non-hydrogen) atoms. The second-order valence-electron chi connectivity index (χ2n) is 8.71. The van der Waals surface area contributed by atoms with E-state index in [-0.39, 0.29) is 11.5 Å². The average molecular weight is 486 g/mol. The summed E-state index contributed by atoms with van der Waals surface area (Å²) >= 11 is 0. The fourth-order valence-corrected chi connectivity index (χ4v) is 4.36. The van der Waals surface area contributed by atoms with Gasteiger partial charge in [0.05, 0.1) is 36.9 Å². The van der Waals surface area contributed by atoms with Crippen LogP contribution in [0.25, 0.3) is 16.6 Å². The van der Waals surface area contributed by atoms with Gasteiger partial charge in [0.2, 0.25) is 0 Å². The Bertz CT molecular complexity index is 1440. The minimum atomic E-state index is -0.482. The second kappa shape index (κ2) is 10.6. The zero-order valence-electron chi connectivity index (χ0n) is 21.3. The Labute approximate surface area is 210 Å². The lowest BCUT2D eigenvalue weighted by molar-refractivity contribution is 0.0681. The average Bonchev–Trinajstić information content (AvgIpc) is 2.91. The molecule has 7 nitrogen and oxygen atoms in total. The van der Waals surface area contributed by atoms with Gasteiger partial charge in [0, 0.05) is 12.1 Å². The summed E-state index contributed by atoms with van der Waals surface area (Å²) in [5.41, 5.74) is 2.70. The molecule has 1 heterocycles. The number of methoxy groups -OCH3 is 2. The predicted octanol–water partition coefficient (Wildman–Crippen LogP) is 5.32. The Morgan fingerprint density at radius 3 is 2.36 bits per heavy atom. The molecule has 1 unspecified atom stereocenters. The summed E-state index contributed by atoms with van der Waals surface area (Å²) in [5.74, 6) is 1.36. The molecule has 0 saturated heterocycles. The van der Waals surface area contributed by atoms with Crippen LogP contribution in [0.1, 0.15) is 48.1 Å². The van der Waals surface area contributed by atoms with Crippen LogP contribution in [0.2, 0.25) is 0 Å². The van der Waals surface area contributed by atoms with Crippen LogP contribution in [0.5, 0.6) is 11.5 Å². The molecule has 186 valence electrons. The zero-order chi connectivity index (χ0) is 25.8. The van der Waals surface area contributed by atoms with Crippen LogP contribution < -0.4 is 15.0 Å². The van der Waals surface area contributed by atoms with Crippen molar-refractivity contribution in [3.63, 3.8) is 0 Å². The van der Waals surface area contributed by atoms with Crippen molar-refractivity contribution in [2.24, 2.45) is 0 Å². The molecular weight excluding hydrogens is 454 g/mol. The number of nitrogens with zero attached hydrogens (tertiary/aromatic N) is 3. The number of ether oxygens (including phenoxy) is 2. The molecule has 1 atom stereocenters. The summed E-state index contributed by atoms with van der Waals surface area (Å²) < 4.78 is 12.4.